The third kappa shape index (κ3) is 3.97. The van der Waals surface area contributed by atoms with E-state index in [9.17, 15) is 22.8 Å². The Kier molecular flexibility index (Phi) is 4.83. The summed E-state index contributed by atoms with van der Waals surface area (Å²) in [5, 5.41) is 0. The van der Waals surface area contributed by atoms with Crippen LogP contribution in [0.4, 0.5) is 13.2 Å². The van der Waals surface area contributed by atoms with Gasteiger partial charge < -0.3 is 4.74 Å². The minimum atomic E-state index is -4.51. The quantitative estimate of drug-likeness (QED) is 0.633. The molecule has 6 heteroatoms. The predicted molar refractivity (Wildman–Crippen MR) is 78.0 cm³/mol. The molecule has 0 N–H and O–H groups in total. The molecule has 0 aliphatic heterocycles. The van der Waals surface area contributed by atoms with Gasteiger partial charge in [0, 0.05) is 5.56 Å². The second-order valence-corrected chi connectivity index (χ2v) is 4.87. The number of aldehydes is 1. The van der Waals surface area contributed by atoms with Crippen molar-refractivity contribution in [2.75, 3.05) is 7.11 Å². The second-order valence-electron chi connectivity index (χ2n) is 4.87. The molecule has 0 radical (unpaired) electrons. The molecule has 2 rings (SSSR count). The number of halogens is 3. The first-order valence-electron chi connectivity index (χ1n) is 6.67. The first-order chi connectivity index (χ1) is 10.8. The zero-order valence-electron chi connectivity index (χ0n) is 12.2. The molecule has 3 nitrogen and oxygen atoms in total. The average Bonchev–Trinajstić information content (AvgIpc) is 2.53. The van der Waals surface area contributed by atoms with Gasteiger partial charge in [-0.3, -0.25) is 9.59 Å². The monoisotopic (exact) mass is 322 g/mol. The molecule has 0 saturated heterocycles. The Balaban J connectivity index is 2.44. The van der Waals surface area contributed by atoms with Crippen LogP contribution >= 0.6 is 0 Å². The molecule has 0 aliphatic rings. The predicted octanol–water partition coefficient (Wildman–Crippen LogP) is 3.90. The number of carbonyl (C=O) groups excluding carboxylic acids is 2. The Hall–Kier alpha value is -2.63. The van der Waals surface area contributed by atoms with Crippen molar-refractivity contribution in [1.29, 1.82) is 0 Å². The van der Waals surface area contributed by atoms with Gasteiger partial charge >= 0.3 is 12.1 Å². The normalized spacial score (nSPS) is 11.1. The largest absolute Gasteiger partial charge is 0.469 e. The summed E-state index contributed by atoms with van der Waals surface area (Å²) < 4.78 is 42.7. The van der Waals surface area contributed by atoms with Crippen molar-refractivity contribution in [3.63, 3.8) is 0 Å². The summed E-state index contributed by atoms with van der Waals surface area (Å²) in [7, 11) is 1.27. The first kappa shape index (κ1) is 16.7. The van der Waals surface area contributed by atoms with Crippen molar-refractivity contribution >= 4 is 12.3 Å². The highest BCUT2D eigenvalue weighted by molar-refractivity contribution is 5.88. The third-order valence-electron chi connectivity index (χ3n) is 3.32. The minimum absolute atomic E-state index is 0.0431. The van der Waals surface area contributed by atoms with Crippen molar-refractivity contribution in [2.24, 2.45) is 0 Å². The summed E-state index contributed by atoms with van der Waals surface area (Å²) in [4.78, 5) is 22.5. The summed E-state index contributed by atoms with van der Waals surface area (Å²) >= 11 is 0. The second kappa shape index (κ2) is 6.64. The molecule has 120 valence electrons. The maximum atomic E-state index is 12.7. The fraction of sp³-hybridized carbons (Fsp3) is 0.176. The summed E-state index contributed by atoms with van der Waals surface area (Å²) in [6.45, 7) is 0. The van der Waals surface area contributed by atoms with Crippen LogP contribution in [-0.2, 0) is 22.1 Å². The lowest BCUT2D eigenvalue weighted by molar-refractivity contribution is -0.140. The highest BCUT2D eigenvalue weighted by Crippen LogP contribution is 2.33. The molecular formula is C17H13F3O3. The van der Waals surface area contributed by atoms with E-state index in [1.807, 2.05) is 0 Å². The zero-order valence-corrected chi connectivity index (χ0v) is 12.2. The molecule has 0 spiro atoms. The van der Waals surface area contributed by atoms with Crippen molar-refractivity contribution in [2.45, 2.75) is 12.6 Å². The van der Waals surface area contributed by atoms with Gasteiger partial charge in [-0.1, -0.05) is 30.3 Å². The van der Waals surface area contributed by atoms with Crippen LogP contribution in [0.5, 0.6) is 0 Å². The van der Waals surface area contributed by atoms with Gasteiger partial charge in [-0.05, 0) is 28.8 Å². The molecule has 0 bridgehead atoms. The molecule has 0 fully saturated rings. The van der Waals surface area contributed by atoms with Gasteiger partial charge in [0.15, 0.2) is 6.29 Å². The standard InChI is InChI=1S/C17H13F3O3/c1-23-16(22)8-11-3-2-4-12(7-11)15-6-5-14(17(18,19)20)9-13(15)10-21/h2-7,9-10H,8H2,1H3. The van der Waals surface area contributed by atoms with Crippen molar-refractivity contribution in [3.05, 3.63) is 59.2 Å². The maximum Gasteiger partial charge on any atom is 0.416 e. The van der Waals surface area contributed by atoms with Crippen LogP contribution in [0.15, 0.2) is 42.5 Å². The number of hydrogen-bond acceptors (Lipinski definition) is 3. The van der Waals surface area contributed by atoms with E-state index >= 15 is 0 Å². The van der Waals surface area contributed by atoms with E-state index in [1.54, 1.807) is 24.3 Å². The number of esters is 1. The van der Waals surface area contributed by atoms with E-state index in [-0.39, 0.29) is 12.0 Å². The number of alkyl halides is 3. The van der Waals surface area contributed by atoms with E-state index in [2.05, 4.69) is 4.74 Å². The Bertz CT molecular complexity index is 736. The Morgan fingerprint density at radius 1 is 1.17 bits per heavy atom. The van der Waals surface area contributed by atoms with Crippen LogP contribution in [0.2, 0.25) is 0 Å². The van der Waals surface area contributed by atoms with E-state index < -0.39 is 17.7 Å². The number of benzene rings is 2. The van der Waals surface area contributed by atoms with Gasteiger partial charge in [-0.15, -0.1) is 0 Å². The van der Waals surface area contributed by atoms with Gasteiger partial charge in [0.05, 0.1) is 19.1 Å². The Labute approximate surface area is 130 Å². The zero-order chi connectivity index (χ0) is 17.0. The lowest BCUT2D eigenvalue weighted by atomic mass is 9.96. The Morgan fingerprint density at radius 2 is 1.91 bits per heavy atom. The highest BCUT2D eigenvalue weighted by Gasteiger charge is 2.31. The molecule has 2 aromatic carbocycles. The minimum Gasteiger partial charge on any atom is -0.469 e. The summed E-state index contributed by atoms with van der Waals surface area (Å²) in [6.07, 6.45) is -4.08. The van der Waals surface area contributed by atoms with Gasteiger partial charge in [-0.25, -0.2) is 0 Å². The number of methoxy groups -OCH3 is 1. The molecule has 0 atom stereocenters. The molecule has 0 unspecified atom stereocenters. The average molecular weight is 322 g/mol. The van der Waals surface area contributed by atoms with Gasteiger partial charge in [0.25, 0.3) is 0 Å². The molecule has 0 amide bonds. The smallest absolute Gasteiger partial charge is 0.416 e. The molecule has 2 aromatic rings. The summed E-state index contributed by atoms with van der Waals surface area (Å²) in [6, 6.07) is 9.67. The first-order valence-corrected chi connectivity index (χ1v) is 6.67. The number of carbonyl (C=O) groups is 2. The van der Waals surface area contributed by atoms with Crippen LogP contribution in [0.3, 0.4) is 0 Å². The van der Waals surface area contributed by atoms with Crippen LogP contribution < -0.4 is 0 Å². The van der Waals surface area contributed by atoms with E-state index in [0.29, 0.717) is 23.0 Å². The van der Waals surface area contributed by atoms with Crippen LogP contribution in [0, 0.1) is 0 Å². The van der Waals surface area contributed by atoms with Crippen LogP contribution in [0.1, 0.15) is 21.5 Å². The molecule has 0 aliphatic carbocycles. The van der Waals surface area contributed by atoms with Crippen molar-refractivity contribution in [1.82, 2.24) is 0 Å². The number of hydrogen-bond donors (Lipinski definition) is 0. The third-order valence-corrected chi connectivity index (χ3v) is 3.32. The molecule has 0 aromatic heterocycles. The van der Waals surface area contributed by atoms with Gasteiger partial charge in [0.2, 0.25) is 0 Å². The molecule has 23 heavy (non-hydrogen) atoms. The van der Waals surface area contributed by atoms with Crippen LogP contribution in [-0.4, -0.2) is 19.4 Å². The van der Waals surface area contributed by atoms with Crippen LogP contribution in [0.25, 0.3) is 11.1 Å². The molecule has 0 saturated carbocycles. The lowest BCUT2D eigenvalue weighted by Crippen LogP contribution is -2.06. The van der Waals surface area contributed by atoms with Crippen molar-refractivity contribution in [3.8, 4) is 11.1 Å². The van der Waals surface area contributed by atoms with Gasteiger partial charge in [-0.2, -0.15) is 13.2 Å². The van der Waals surface area contributed by atoms with Gasteiger partial charge in [0.1, 0.15) is 0 Å². The topological polar surface area (TPSA) is 43.4 Å². The Morgan fingerprint density at radius 3 is 2.52 bits per heavy atom. The van der Waals surface area contributed by atoms with E-state index in [4.69, 9.17) is 0 Å². The summed E-state index contributed by atoms with van der Waals surface area (Å²) in [5.41, 5.74) is 0.636. The van der Waals surface area contributed by atoms with E-state index in [1.165, 1.54) is 13.2 Å². The fourth-order valence-electron chi connectivity index (χ4n) is 2.19. The van der Waals surface area contributed by atoms with Crippen molar-refractivity contribution < 1.29 is 27.5 Å². The number of ether oxygens (including phenoxy) is 1. The fourth-order valence-corrected chi connectivity index (χ4v) is 2.19. The number of rotatable bonds is 4. The summed E-state index contributed by atoms with van der Waals surface area (Å²) in [5.74, 6) is -0.426. The highest BCUT2D eigenvalue weighted by atomic mass is 19.4. The molecular weight excluding hydrogens is 309 g/mol. The molecule has 0 heterocycles. The lowest BCUT2D eigenvalue weighted by Gasteiger charge is -2.11. The SMILES string of the molecule is COC(=O)Cc1cccc(-c2ccc(C(F)(F)F)cc2C=O)c1. The maximum absolute atomic E-state index is 12.7. The van der Waals surface area contributed by atoms with E-state index in [0.717, 1.165) is 12.1 Å².